The summed E-state index contributed by atoms with van der Waals surface area (Å²) in [5.41, 5.74) is 2.78. The first kappa shape index (κ1) is 25.7. The zero-order valence-corrected chi connectivity index (χ0v) is 20.9. The Bertz CT molecular complexity index is 1250. The van der Waals surface area contributed by atoms with Crippen molar-refractivity contribution in [3.63, 3.8) is 0 Å². The molecule has 0 saturated heterocycles. The van der Waals surface area contributed by atoms with Gasteiger partial charge in [-0.05, 0) is 66.8 Å². The van der Waals surface area contributed by atoms with Crippen molar-refractivity contribution in [1.82, 2.24) is 4.90 Å². The minimum atomic E-state index is -0.937. The van der Waals surface area contributed by atoms with Crippen molar-refractivity contribution < 1.29 is 23.8 Å². The first-order valence-corrected chi connectivity index (χ1v) is 12.4. The number of amides is 1. The van der Waals surface area contributed by atoms with E-state index in [-0.39, 0.29) is 23.9 Å². The number of carbonyl (C=O) groups excluding carboxylic acids is 1. The van der Waals surface area contributed by atoms with Crippen LogP contribution in [0.4, 0.5) is 4.39 Å². The van der Waals surface area contributed by atoms with Crippen LogP contribution in [0.1, 0.15) is 46.8 Å². The van der Waals surface area contributed by atoms with E-state index in [2.05, 4.69) is 0 Å². The summed E-state index contributed by atoms with van der Waals surface area (Å²) in [5.74, 6) is -0.896. The summed E-state index contributed by atoms with van der Waals surface area (Å²) < 4.78 is 20.1. The number of ether oxygens (including phenoxy) is 1. The Kier molecular flexibility index (Phi) is 7.94. The molecule has 36 heavy (non-hydrogen) atoms. The predicted molar refractivity (Wildman–Crippen MR) is 137 cm³/mol. The summed E-state index contributed by atoms with van der Waals surface area (Å²) in [6, 6.07) is 20.1. The van der Waals surface area contributed by atoms with Crippen LogP contribution < -0.4 is 4.74 Å². The summed E-state index contributed by atoms with van der Waals surface area (Å²) >= 11 is 5.81. The Morgan fingerprint density at radius 3 is 2.56 bits per heavy atom. The third-order valence-corrected chi connectivity index (χ3v) is 6.72. The Balaban J connectivity index is 1.45. The van der Waals surface area contributed by atoms with E-state index in [9.17, 15) is 19.1 Å². The van der Waals surface area contributed by atoms with E-state index in [0.29, 0.717) is 30.7 Å². The molecule has 1 heterocycles. The van der Waals surface area contributed by atoms with Crippen LogP contribution in [0.25, 0.3) is 0 Å². The van der Waals surface area contributed by atoms with Gasteiger partial charge in [0.05, 0.1) is 11.4 Å². The first-order valence-electron chi connectivity index (χ1n) is 12.0. The van der Waals surface area contributed by atoms with E-state index in [1.807, 2.05) is 43.3 Å². The molecule has 0 radical (unpaired) electrons. The van der Waals surface area contributed by atoms with Crippen LogP contribution in [0.2, 0.25) is 5.02 Å². The topological polar surface area (TPSA) is 66.8 Å². The van der Waals surface area contributed by atoms with Gasteiger partial charge in [0, 0.05) is 31.5 Å². The number of rotatable bonds is 10. The van der Waals surface area contributed by atoms with Crippen LogP contribution in [0.15, 0.2) is 66.7 Å². The highest BCUT2D eigenvalue weighted by Crippen LogP contribution is 2.38. The van der Waals surface area contributed by atoms with E-state index in [1.54, 1.807) is 23.1 Å². The van der Waals surface area contributed by atoms with Crippen LogP contribution >= 0.6 is 11.6 Å². The summed E-state index contributed by atoms with van der Waals surface area (Å²) in [5, 5.41) is 9.25. The van der Waals surface area contributed by atoms with Crippen molar-refractivity contribution in [1.29, 1.82) is 0 Å². The molecule has 1 unspecified atom stereocenters. The molecular weight excluding hydrogens is 481 g/mol. The molecule has 188 valence electrons. The number of carbonyl (C=O) groups is 2. The molecule has 1 amide bonds. The normalized spacial score (nSPS) is 16.3. The SMILES string of the molecule is CC1(Cc2ccc(Cl)c(F)c2)Cc2cc(C(=O)N(CCCc3ccccc3)CCC(=O)O)ccc2O1. The lowest BCUT2D eigenvalue weighted by Gasteiger charge is -2.24. The summed E-state index contributed by atoms with van der Waals surface area (Å²) in [7, 11) is 0. The molecule has 0 saturated carbocycles. The number of nitrogens with zero attached hydrogens (tertiary/aromatic N) is 1. The average molecular weight is 510 g/mol. The highest BCUT2D eigenvalue weighted by molar-refractivity contribution is 6.30. The lowest BCUT2D eigenvalue weighted by atomic mass is 9.91. The second-order valence-electron chi connectivity index (χ2n) is 9.50. The van der Waals surface area contributed by atoms with Crippen LogP contribution in [0, 0.1) is 5.82 Å². The number of benzene rings is 3. The third kappa shape index (κ3) is 6.43. The number of aryl methyl sites for hydroxylation is 1. The number of carboxylic acid groups (broad SMARTS) is 1. The van der Waals surface area contributed by atoms with Gasteiger partial charge in [-0.25, -0.2) is 4.39 Å². The van der Waals surface area contributed by atoms with Gasteiger partial charge in [-0.15, -0.1) is 0 Å². The fraction of sp³-hybridized carbons (Fsp3) is 0.310. The molecular formula is C29H29ClFNO4. The number of halogens is 2. The molecule has 5 nitrogen and oxygen atoms in total. The van der Waals surface area contributed by atoms with Crippen molar-refractivity contribution in [2.75, 3.05) is 13.1 Å². The molecule has 0 bridgehead atoms. The van der Waals surface area contributed by atoms with Gasteiger partial charge in [-0.2, -0.15) is 0 Å². The summed E-state index contributed by atoms with van der Waals surface area (Å²) in [6.45, 7) is 2.58. The molecule has 0 aliphatic carbocycles. The summed E-state index contributed by atoms with van der Waals surface area (Å²) in [6.07, 6.45) is 2.49. The van der Waals surface area contributed by atoms with Crippen molar-refractivity contribution in [2.24, 2.45) is 0 Å². The number of aliphatic carboxylic acids is 1. The molecule has 1 atom stereocenters. The molecule has 1 aliphatic heterocycles. The van der Waals surface area contributed by atoms with Crippen molar-refractivity contribution in [2.45, 2.75) is 44.6 Å². The lowest BCUT2D eigenvalue weighted by molar-refractivity contribution is -0.137. The van der Waals surface area contributed by atoms with E-state index < -0.39 is 17.4 Å². The molecule has 4 rings (SSSR count). The maximum absolute atomic E-state index is 13.9. The number of hydrogen-bond acceptors (Lipinski definition) is 3. The molecule has 1 N–H and O–H groups in total. The minimum absolute atomic E-state index is 0.0823. The molecule has 0 spiro atoms. The van der Waals surface area contributed by atoms with E-state index in [0.717, 1.165) is 24.0 Å². The predicted octanol–water partition coefficient (Wildman–Crippen LogP) is 5.97. The van der Waals surface area contributed by atoms with Crippen LogP contribution in [-0.2, 0) is 24.1 Å². The molecule has 7 heteroatoms. The second kappa shape index (κ2) is 11.1. The van der Waals surface area contributed by atoms with Gasteiger partial charge >= 0.3 is 5.97 Å². The van der Waals surface area contributed by atoms with E-state index >= 15 is 0 Å². The maximum Gasteiger partial charge on any atom is 0.305 e. The van der Waals surface area contributed by atoms with Crippen LogP contribution in [0.3, 0.4) is 0 Å². The maximum atomic E-state index is 13.9. The van der Waals surface area contributed by atoms with Gasteiger partial charge in [-0.3, -0.25) is 9.59 Å². The van der Waals surface area contributed by atoms with Crippen LogP contribution in [0.5, 0.6) is 5.75 Å². The van der Waals surface area contributed by atoms with E-state index in [1.165, 1.54) is 17.7 Å². The Morgan fingerprint density at radius 1 is 1.06 bits per heavy atom. The smallest absolute Gasteiger partial charge is 0.305 e. The van der Waals surface area contributed by atoms with Gasteiger partial charge in [0.25, 0.3) is 5.91 Å². The van der Waals surface area contributed by atoms with Gasteiger partial charge in [0.15, 0.2) is 0 Å². The van der Waals surface area contributed by atoms with Crippen molar-refractivity contribution in [3.05, 3.63) is 99.8 Å². The first-order chi connectivity index (χ1) is 17.2. The Morgan fingerprint density at radius 2 is 1.83 bits per heavy atom. The van der Waals surface area contributed by atoms with E-state index in [4.69, 9.17) is 16.3 Å². The Labute approximate surface area is 215 Å². The quantitative estimate of drug-likeness (QED) is 0.366. The lowest BCUT2D eigenvalue weighted by Crippen LogP contribution is -2.34. The molecule has 0 aromatic heterocycles. The minimum Gasteiger partial charge on any atom is -0.487 e. The summed E-state index contributed by atoms with van der Waals surface area (Å²) in [4.78, 5) is 26.2. The molecule has 1 aliphatic rings. The van der Waals surface area contributed by atoms with Crippen molar-refractivity contribution in [3.8, 4) is 5.75 Å². The van der Waals surface area contributed by atoms with Gasteiger partial charge in [0.1, 0.15) is 17.2 Å². The molecule has 3 aromatic carbocycles. The van der Waals surface area contributed by atoms with Gasteiger partial charge in [-0.1, -0.05) is 48.0 Å². The zero-order valence-electron chi connectivity index (χ0n) is 20.2. The Hall–Kier alpha value is -3.38. The van der Waals surface area contributed by atoms with Crippen molar-refractivity contribution >= 4 is 23.5 Å². The van der Waals surface area contributed by atoms with Gasteiger partial charge in [0.2, 0.25) is 0 Å². The van der Waals surface area contributed by atoms with Gasteiger partial charge < -0.3 is 14.7 Å². The highest BCUT2D eigenvalue weighted by atomic mass is 35.5. The fourth-order valence-corrected chi connectivity index (χ4v) is 4.80. The number of carboxylic acids is 1. The highest BCUT2D eigenvalue weighted by Gasteiger charge is 2.35. The number of hydrogen-bond donors (Lipinski definition) is 1. The van der Waals surface area contributed by atoms with Crippen LogP contribution in [-0.4, -0.2) is 40.6 Å². The zero-order chi connectivity index (χ0) is 25.7. The molecule has 0 fully saturated rings. The molecule has 3 aromatic rings. The largest absolute Gasteiger partial charge is 0.487 e. The number of fused-ring (bicyclic) bond motifs is 1. The average Bonchev–Trinajstić information content (AvgIpc) is 3.18. The third-order valence-electron chi connectivity index (χ3n) is 6.41. The second-order valence-corrected chi connectivity index (χ2v) is 9.91. The standard InChI is InChI=1S/C29H29ClFNO4/c1-29(18-21-9-11-24(30)25(31)16-21)19-23-17-22(10-12-26(23)36-29)28(35)32(15-13-27(33)34)14-5-8-20-6-3-2-4-7-20/h2-4,6-7,9-12,16-17H,5,8,13-15,18-19H2,1H3,(H,33,34). The monoisotopic (exact) mass is 509 g/mol. The fourth-order valence-electron chi connectivity index (χ4n) is 4.68.